The van der Waals surface area contributed by atoms with E-state index in [9.17, 15) is 14.9 Å². The van der Waals surface area contributed by atoms with Gasteiger partial charge in [-0.25, -0.2) is 0 Å². The molecule has 0 bridgehead atoms. The molecule has 0 atom stereocenters. The smallest absolute Gasteiger partial charge is 0.269 e. The standard InChI is InChI=1S/C19H18N4O3S/c1-3-22-18(15-6-4-5-13(2)11-15)20-21-19(22)27-12-17(24)14-7-9-16(10-8-14)23(25)26/h4-11H,3,12H2,1-2H3. The molecule has 0 unspecified atom stereocenters. The summed E-state index contributed by atoms with van der Waals surface area (Å²) in [7, 11) is 0. The number of thioether (sulfide) groups is 1. The summed E-state index contributed by atoms with van der Waals surface area (Å²) in [6, 6.07) is 13.7. The van der Waals surface area contributed by atoms with E-state index in [0.29, 0.717) is 17.3 Å². The molecule has 3 aromatic rings. The van der Waals surface area contributed by atoms with Gasteiger partial charge in [0.1, 0.15) is 0 Å². The van der Waals surface area contributed by atoms with Gasteiger partial charge in [0.05, 0.1) is 10.7 Å². The maximum Gasteiger partial charge on any atom is 0.269 e. The van der Waals surface area contributed by atoms with Crippen molar-refractivity contribution in [1.82, 2.24) is 14.8 Å². The van der Waals surface area contributed by atoms with Crippen molar-refractivity contribution in [3.63, 3.8) is 0 Å². The maximum atomic E-state index is 12.4. The van der Waals surface area contributed by atoms with Crippen LogP contribution in [0.15, 0.2) is 53.7 Å². The van der Waals surface area contributed by atoms with Crippen molar-refractivity contribution < 1.29 is 9.72 Å². The highest BCUT2D eigenvalue weighted by atomic mass is 32.2. The zero-order valence-corrected chi connectivity index (χ0v) is 15.8. The molecule has 0 N–H and O–H groups in total. The fourth-order valence-electron chi connectivity index (χ4n) is 2.66. The Morgan fingerprint density at radius 3 is 2.56 bits per heavy atom. The number of hydrogen-bond acceptors (Lipinski definition) is 6. The lowest BCUT2D eigenvalue weighted by Crippen LogP contribution is -2.05. The molecule has 0 amide bonds. The zero-order valence-electron chi connectivity index (χ0n) is 15.0. The number of nitrogens with zero attached hydrogens (tertiary/aromatic N) is 4. The van der Waals surface area contributed by atoms with Crippen LogP contribution in [0.1, 0.15) is 22.8 Å². The van der Waals surface area contributed by atoms with Crippen LogP contribution in [0.5, 0.6) is 0 Å². The lowest BCUT2D eigenvalue weighted by Gasteiger charge is -2.07. The molecule has 8 heteroatoms. The van der Waals surface area contributed by atoms with Gasteiger partial charge in [-0.2, -0.15) is 0 Å². The topological polar surface area (TPSA) is 90.9 Å². The van der Waals surface area contributed by atoms with E-state index in [1.165, 1.54) is 36.0 Å². The number of benzene rings is 2. The Kier molecular flexibility index (Phi) is 5.66. The van der Waals surface area contributed by atoms with Gasteiger partial charge >= 0.3 is 0 Å². The Morgan fingerprint density at radius 1 is 1.19 bits per heavy atom. The van der Waals surface area contributed by atoms with E-state index in [0.717, 1.165) is 17.0 Å². The maximum absolute atomic E-state index is 12.4. The van der Waals surface area contributed by atoms with E-state index in [2.05, 4.69) is 10.2 Å². The Balaban J connectivity index is 1.74. The Labute approximate surface area is 160 Å². The molecule has 138 valence electrons. The second-order valence-corrected chi connectivity index (χ2v) is 6.88. The number of ketones is 1. The van der Waals surface area contributed by atoms with Gasteiger partial charge in [0.2, 0.25) is 0 Å². The zero-order chi connectivity index (χ0) is 19.4. The fourth-order valence-corrected chi connectivity index (χ4v) is 3.56. The van der Waals surface area contributed by atoms with Crippen LogP contribution in [0.4, 0.5) is 5.69 Å². The SMILES string of the molecule is CCn1c(SCC(=O)c2ccc([N+](=O)[O-])cc2)nnc1-c1cccc(C)c1. The molecule has 0 aliphatic carbocycles. The largest absolute Gasteiger partial charge is 0.302 e. The highest BCUT2D eigenvalue weighted by molar-refractivity contribution is 7.99. The van der Waals surface area contributed by atoms with E-state index in [1.54, 1.807) is 0 Å². The molecular weight excluding hydrogens is 364 g/mol. The van der Waals surface area contributed by atoms with Crippen molar-refractivity contribution in [2.75, 3.05) is 5.75 Å². The summed E-state index contributed by atoms with van der Waals surface area (Å²) >= 11 is 1.31. The molecule has 1 heterocycles. The first-order chi connectivity index (χ1) is 13.0. The van der Waals surface area contributed by atoms with E-state index in [-0.39, 0.29) is 17.2 Å². The highest BCUT2D eigenvalue weighted by Gasteiger charge is 2.16. The number of carbonyl (C=O) groups excluding carboxylic acids is 1. The van der Waals surface area contributed by atoms with Crippen molar-refractivity contribution in [2.45, 2.75) is 25.5 Å². The molecule has 27 heavy (non-hydrogen) atoms. The van der Waals surface area contributed by atoms with Crippen LogP contribution in [-0.4, -0.2) is 31.2 Å². The second-order valence-electron chi connectivity index (χ2n) is 5.94. The molecule has 0 radical (unpaired) electrons. The number of aromatic nitrogens is 3. The first kappa shape index (κ1) is 18.8. The third-order valence-electron chi connectivity index (χ3n) is 4.04. The minimum atomic E-state index is -0.487. The minimum Gasteiger partial charge on any atom is -0.302 e. The molecule has 0 saturated heterocycles. The molecule has 0 fully saturated rings. The third kappa shape index (κ3) is 4.22. The number of nitro benzene ring substituents is 1. The van der Waals surface area contributed by atoms with Gasteiger partial charge < -0.3 is 4.57 Å². The molecule has 1 aromatic heterocycles. The lowest BCUT2D eigenvalue weighted by atomic mass is 10.1. The van der Waals surface area contributed by atoms with Crippen molar-refractivity contribution in [1.29, 1.82) is 0 Å². The number of rotatable bonds is 7. The summed E-state index contributed by atoms with van der Waals surface area (Å²) in [6.07, 6.45) is 0. The van der Waals surface area contributed by atoms with Gasteiger partial charge in [-0.05, 0) is 32.0 Å². The molecule has 0 spiro atoms. The van der Waals surface area contributed by atoms with Crippen LogP contribution in [-0.2, 0) is 6.54 Å². The Hall–Kier alpha value is -3.00. The molecule has 0 aliphatic rings. The summed E-state index contributed by atoms with van der Waals surface area (Å²) in [4.78, 5) is 22.6. The van der Waals surface area contributed by atoms with Crippen molar-refractivity contribution in [3.8, 4) is 11.4 Å². The van der Waals surface area contributed by atoms with Crippen LogP contribution in [0.3, 0.4) is 0 Å². The second kappa shape index (κ2) is 8.13. The summed E-state index contributed by atoms with van der Waals surface area (Å²) < 4.78 is 1.97. The predicted molar refractivity (Wildman–Crippen MR) is 104 cm³/mol. The molecule has 2 aromatic carbocycles. The van der Waals surface area contributed by atoms with Crippen LogP contribution in [0, 0.1) is 17.0 Å². The van der Waals surface area contributed by atoms with Gasteiger partial charge in [-0.15, -0.1) is 10.2 Å². The average Bonchev–Trinajstić information content (AvgIpc) is 3.09. The third-order valence-corrected chi connectivity index (χ3v) is 5.01. The summed E-state index contributed by atoms with van der Waals surface area (Å²) in [5, 5.41) is 19.9. The number of Topliss-reactive ketones (excluding diaryl/α,β-unsaturated/α-hetero) is 1. The molecule has 0 saturated carbocycles. The van der Waals surface area contributed by atoms with Gasteiger partial charge in [0.15, 0.2) is 16.8 Å². The average molecular weight is 382 g/mol. The predicted octanol–water partition coefficient (Wildman–Crippen LogP) is 4.16. The number of carbonyl (C=O) groups is 1. The number of aryl methyl sites for hydroxylation is 1. The quantitative estimate of drug-likeness (QED) is 0.264. The monoisotopic (exact) mass is 382 g/mol. The molecule has 0 aliphatic heterocycles. The lowest BCUT2D eigenvalue weighted by molar-refractivity contribution is -0.384. The van der Waals surface area contributed by atoms with Gasteiger partial charge in [-0.3, -0.25) is 14.9 Å². The van der Waals surface area contributed by atoms with Crippen molar-refractivity contribution >= 4 is 23.2 Å². The van der Waals surface area contributed by atoms with Crippen molar-refractivity contribution in [3.05, 3.63) is 69.8 Å². The van der Waals surface area contributed by atoms with Crippen LogP contribution < -0.4 is 0 Å². The Bertz CT molecular complexity index is 983. The van der Waals surface area contributed by atoms with E-state index in [4.69, 9.17) is 0 Å². The van der Waals surface area contributed by atoms with E-state index >= 15 is 0 Å². The fraction of sp³-hybridized carbons (Fsp3) is 0.211. The van der Waals surface area contributed by atoms with E-state index < -0.39 is 4.92 Å². The van der Waals surface area contributed by atoms with Gasteiger partial charge in [0.25, 0.3) is 5.69 Å². The van der Waals surface area contributed by atoms with Crippen LogP contribution in [0.2, 0.25) is 0 Å². The van der Waals surface area contributed by atoms with Gasteiger partial charge in [-0.1, -0.05) is 35.5 Å². The molecule has 7 nitrogen and oxygen atoms in total. The van der Waals surface area contributed by atoms with Crippen molar-refractivity contribution in [2.24, 2.45) is 0 Å². The summed E-state index contributed by atoms with van der Waals surface area (Å²) in [5.74, 6) is 0.841. The number of nitro groups is 1. The Morgan fingerprint density at radius 2 is 1.93 bits per heavy atom. The molecule has 3 rings (SSSR count). The number of non-ortho nitro benzene ring substituents is 1. The molecular formula is C19H18N4O3S. The van der Waals surface area contributed by atoms with Gasteiger partial charge in [0, 0.05) is 29.8 Å². The normalized spacial score (nSPS) is 10.7. The number of hydrogen-bond donors (Lipinski definition) is 0. The highest BCUT2D eigenvalue weighted by Crippen LogP contribution is 2.25. The minimum absolute atomic E-state index is 0.0345. The summed E-state index contributed by atoms with van der Waals surface area (Å²) in [5.41, 5.74) is 2.53. The first-order valence-electron chi connectivity index (χ1n) is 8.40. The van der Waals surface area contributed by atoms with E-state index in [1.807, 2.05) is 42.7 Å². The first-order valence-corrected chi connectivity index (χ1v) is 9.39. The van der Waals surface area contributed by atoms with Crippen LogP contribution in [0.25, 0.3) is 11.4 Å². The van der Waals surface area contributed by atoms with Crippen LogP contribution >= 0.6 is 11.8 Å². The summed E-state index contributed by atoms with van der Waals surface area (Å²) in [6.45, 7) is 4.71.